The Labute approximate surface area is 239 Å². The van der Waals surface area contributed by atoms with E-state index in [0.29, 0.717) is 35.7 Å². The molecule has 0 aliphatic rings. The number of rotatable bonds is 14. The molecule has 0 aliphatic carbocycles. The van der Waals surface area contributed by atoms with Gasteiger partial charge in [-0.05, 0) is 55.3 Å². The van der Waals surface area contributed by atoms with Crippen LogP contribution in [-0.2, 0) is 24.1 Å². The Morgan fingerprint density at radius 1 is 0.902 bits per heavy atom. The Hall–Kier alpha value is -3.95. The lowest BCUT2D eigenvalue weighted by Gasteiger charge is -2.28. The smallest absolute Gasteiger partial charge is 0.416 e. The average Bonchev–Trinajstić information content (AvgIpc) is 3.40. The van der Waals surface area contributed by atoms with Crippen LogP contribution in [0.1, 0.15) is 60.3 Å². The summed E-state index contributed by atoms with van der Waals surface area (Å²) in [4.78, 5) is 30.1. The lowest BCUT2D eigenvalue weighted by molar-refractivity contribution is -0.137. The van der Waals surface area contributed by atoms with Crippen molar-refractivity contribution in [1.82, 2.24) is 14.4 Å². The first kappa shape index (κ1) is 31.6. The van der Waals surface area contributed by atoms with Crippen LogP contribution in [0.25, 0.3) is 0 Å². The van der Waals surface area contributed by atoms with Gasteiger partial charge in [-0.3, -0.25) is 9.59 Å². The van der Waals surface area contributed by atoms with Crippen molar-refractivity contribution >= 4 is 11.8 Å². The maximum absolute atomic E-state index is 13.6. The first-order chi connectivity index (χ1) is 19.6. The number of aromatic nitrogens is 1. The third-order valence-corrected chi connectivity index (χ3v) is 6.86. The van der Waals surface area contributed by atoms with E-state index in [4.69, 9.17) is 9.47 Å². The molecule has 0 spiro atoms. The van der Waals surface area contributed by atoms with Crippen molar-refractivity contribution < 1.29 is 32.2 Å². The van der Waals surface area contributed by atoms with Gasteiger partial charge in [-0.25, -0.2) is 0 Å². The molecule has 7 nitrogen and oxygen atoms in total. The molecule has 0 fully saturated rings. The summed E-state index contributed by atoms with van der Waals surface area (Å²) in [5, 5.41) is 0. The van der Waals surface area contributed by atoms with Crippen molar-refractivity contribution in [2.75, 3.05) is 33.9 Å². The number of benzene rings is 2. The van der Waals surface area contributed by atoms with E-state index in [0.717, 1.165) is 37.1 Å². The third-order valence-electron chi connectivity index (χ3n) is 6.86. The normalized spacial score (nSPS) is 11.3. The van der Waals surface area contributed by atoms with Crippen molar-refractivity contribution in [1.29, 1.82) is 0 Å². The highest BCUT2D eigenvalue weighted by Gasteiger charge is 2.30. The molecule has 0 aliphatic heterocycles. The highest BCUT2D eigenvalue weighted by atomic mass is 19.4. The molecule has 3 rings (SSSR count). The zero-order chi connectivity index (χ0) is 30.0. The van der Waals surface area contributed by atoms with Crippen LogP contribution in [0.5, 0.6) is 11.5 Å². The summed E-state index contributed by atoms with van der Waals surface area (Å²) < 4.78 is 52.1. The first-order valence-corrected chi connectivity index (χ1v) is 13.7. The molecule has 10 heteroatoms. The Morgan fingerprint density at radius 3 is 2.22 bits per heavy atom. The molecule has 1 heterocycles. The highest BCUT2D eigenvalue weighted by Crippen LogP contribution is 2.30. The molecule has 1 aromatic heterocycles. The predicted octanol–water partition coefficient (Wildman–Crippen LogP) is 6.25. The topological polar surface area (TPSA) is 64.0 Å². The second kappa shape index (κ2) is 14.6. The second-order valence-electron chi connectivity index (χ2n) is 9.77. The lowest BCUT2D eigenvalue weighted by Crippen LogP contribution is -2.43. The van der Waals surface area contributed by atoms with E-state index in [1.165, 1.54) is 25.2 Å². The Bertz CT molecular complexity index is 1280. The van der Waals surface area contributed by atoms with Gasteiger partial charge in [0.1, 0.15) is 18.0 Å². The molecule has 41 heavy (non-hydrogen) atoms. The van der Waals surface area contributed by atoms with Gasteiger partial charge < -0.3 is 23.8 Å². The fraction of sp³-hybridized carbons (Fsp3) is 0.419. The quantitative estimate of drug-likeness (QED) is 0.214. The Balaban J connectivity index is 1.79. The van der Waals surface area contributed by atoms with E-state index in [1.54, 1.807) is 35.4 Å². The molecule has 0 unspecified atom stereocenters. The van der Waals surface area contributed by atoms with Crippen LogP contribution in [0.2, 0.25) is 0 Å². The highest BCUT2D eigenvalue weighted by molar-refractivity contribution is 5.97. The van der Waals surface area contributed by atoms with Gasteiger partial charge in [-0.1, -0.05) is 31.9 Å². The van der Waals surface area contributed by atoms with Crippen LogP contribution < -0.4 is 9.47 Å². The summed E-state index contributed by atoms with van der Waals surface area (Å²) in [5.41, 5.74) is 0.957. The van der Waals surface area contributed by atoms with Crippen molar-refractivity contribution in [3.8, 4) is 11.5 Å². The number of halogens is 3. The zero-order valence-electron chi connectivity index (χ0n) is 24.0. The van der Waals surface area contributed by atoms with Gasteiger partial charge in [0.25, 0.3) is 5.91 Å². The molecule has 222 valence electrons. The summed E-state index contributed by atoms with van der Waals surface area (Å²) >= 11 is 0. The van der Waals surface area contributed by atoms with Crippen LogP contribution in [-0.4, -0.2) is 60.0 Å². The second-order valence-corrected chi connectivity index (χ2v) is 9.77. The summed E-state index contributed by atoms with van der Waals surface area (Å²) in [7, 11) is 3.00. The van der Waals surface area contributed by atoms with Crippen molar-refractivity contribution in [3.05, 3.63) is 83.2 Å². The summed E-state index contributed by atoms with van der Waals surface area (Å²) in [6.45, 7) is 5.10. The van der Waals surface area contributed by atoms with Gasteiger partial charge in [0.05, 0.1) is 26.3 Å². The van der Waals surface area contributed by atoms with Gasteiger partial charge in [0, 0.05) is 43.2 Å². The van der Waals surface area contributed by atoms with Crippen LogP contribution in [0.15, 0.2) is 60.8 Å². The van der Waals surface area contributed by atoms with Gasteiger partial charge >= 0.3 is 6.18 Å². The number of nitrogens with zero attached hydrogens (tertiary/aromatic N) is 3. The minimum absolute atomic E-state index is 0.116. The summed E-state index contributed by atoms with van der Waals surface area (Å²) in [6, 6.07) is 13.8. The van der Waals surface area contributed by atoms with Gasteiger partial charge in [-0.15, -0.1) is 0 Å². The van der Waals surface area contributed by atoms with Crippen molar-refractivity contribution in [3.63, 3.8) is 0 Å². The number of methoxy groups -OCH3 is 2. The van der Waals surface area contributed by atoms with E-state index < -0.39 is 11.7 Å². The van der Waals surface area contributed by atoms with Crippen LogP contribution in [0, 0.1) is 0 Å². The monoisotopic (exact) mass is 573 g/mol. The minimum atomic E-state index is -4.42. The largest absolute Gasteiger partial charge is 0.497 e. The van der Waals surface area contributed by atoms with Crippen LogP contribution in [0.3, 0.4) is 0 Å². The predicted molar refractivity (Wildman–Crippen MR) is 151 cm³/mol. The zero-order valence-corrected chi connectivity index (χ0v) is 24.0. The molecule has 2 amide bonds. The molecular formula is C31H38F3N3O4. The van der Waals surface area contributed by atoms with E-state index in [-0.39, 0.29) is 31.4 Å². The van der Waals surface area contributed by atoms with Gasteiger partial charge in [-0.2, -0.15) is 13.2 Å². The molecule has 2 aromatic carbocycles. The fourth-order valence-corrected chi connectivity index (χ4v) is 4.53. The molecule has 0 saturated carbocycles. The standard InChI is InChI=1S/C31H38F3N3O4/c1-5-7-8-14-37(21-26-13-10-15-36(26)20-23-11-9-12-25(16-23)31(32,33)34)29(38)22-35(6-2)30(39)24-17-27(40-3)19-28(18-24)41-4/h9-13,15-19H,5-8,14,20-22H2,1-4H3. The van der Waals surface area contributed by atoms with Crippen LogP contribution in [0.4, 0.5) is 13.2 Å². The number of carbonyl (C=O) groups excluding carboxylic acids is 2. The Morgan fingerprint density at radius 2 is 1.61 bits per heavy atom. The number of hydrogen-bond donors (Lipinski definition) is 0. The molecule has 0 N–H and O–H groups in total. The van der Waals surface area contributed by atoms with E-state index in [9.17, 15) is 22.8 Å². The third kappa shape index (κ3) is 8.77. The van der Waals surface area contributed by atoms with Gasteiger partial charge in [0.15, 0.2) is 0 Å². The molecule has 0 atom stereocenters. The van der Waals surface area contributed by atoms with Crippen molar-refractivity contribution in [2.45, 2.75) is 52.4 Å². The fourth-order valence-electron chi connectivity index (χ4n) is 4.53. The van der Waals surface area contributed by atoms with Crippen molar-refractivity contribution in [2.24, 2.45) is 0 Å². The molecular weight excluding hydrogens is 535 g/mol. The van der Waals surface area contributed by atoms with E-state index >= 15 is 0 Å². The lowest BCUT2D eigenvalue weighted by atomic mass is 10.1. The van der Waals surface area contributed by atoms with Crippen LogP contribution >= 0.6 is 0 Å². The maximum Gasteiger partial charge on any atom is 0.416 e. The number of amides is 2. The number of alkyl halides is 3. The minimum Gasteiger partial charge on any atom is -0.497 e. The average molecular weight is 574 g/mol. The molecule has 3 aromatic rings. The summed E-state index contributed by atoms with van der Waals surface area (Å²) in [5.74, 6) is 0.410. The SMILES string of the molecule is CCCCCN(Cc1cccn1Cc1cccc(C(F)(F)F)c1)C(=O)CN(CC)C(=O)c1cc(OC)cc(OC)c1. The number of likely N-dealkylation sites (N-methyl/N-ethyl adjacent to an activating group) is 1. The number of hydrogen-bond acceptors (Lipinski definition) is 4. The number of ether oxygens (including phenoxy) is 2. The maximum atomic E-state index is 13.6. The molecule has 0 bridgehead atoms. The van der Waals surface area contributed by atoms with E-state index in [2.05, 4.69) is 6.92 Å². The van der Waals surface area contributed by atoms with Gasteiger partial charge in [0.2, 0.25) is 5.91 Å². The molecule has 0 radical (unpaired) electrons. The summed E-state index contributed by atoms with van der Waals surface area (Å²) in [6.07, 6.45) is 0.0863. The first-order valence-electron chi connectivity index (χ1n) is 13.7. The Kier molecular flexibility index (Phi) is 11.3. The molecule has 0 saturated heterocycles. The van der Waals surface area contributed by atoms with E-state index in [1.807, 2.05) is 23.6 Å². The number of unbranched alkanes of at least 4 members (excludes halogenated alkanes) is 2. The number of carbonyl (C=O) groups is 2.